The largest absolute Gasteiger partial charge is 0.313 e. The first-order chi connectivity index (χ1) is 10.1. The first-order valence-corrected chi connectivity index (χ1v) is 8.20. The number of benzene rings is 1. The van der Waals surface area contributed by atoms with Crippen LogP contribution in [-0.4, -0.2) is 25.2 Å². The van der Waals surface area contributed by atoms with Gasteiger partial charge < -0.3 is 5.32 Å². The molecule has 1 heterocycles. The number of nitrogens with zero attached hydrogens (tertiary/aromatic N) is 2. The van der Waals surface area contributed by atoms with Crippen molar-refractivity contribution in [2.24, 2.45) is 0 Å². The van der Waals surface area contributed by atoms with E-state index < -0.39 is 10.0 Å². The van der Waals surface area contributed by atoms with Crippen molar-refractivity contribution in [2.45, 2.75) is 24.8 Å². The molecule has 0 fully saturated rings. The normalized spacial score (nSPS) is 11.3. The van der Waals surface area contributed by atoms with Gasteiger partial charge in [-0.15, -0.1) is 5.10 Å². The van der Waals surface area contributed by atoms with Crippen LogP contribution < -0.4 is 10.0 Å². The van der Waals surface area contributed by atoms with Crippen LogP contribution in [0, 0.1) is 0 Å². The number of hydrogen-bond acceptors (Lipinski definition) is 5. The Balaban J connectivity index is 2.06. The van der Waals surface area contributed by atoms with E-state index in [-0.39, 0.29) is 10.7 Å². The van der Waals surface area contributed by atoms with Crippen molar-refractivity contribution in [3.63, 3.8) is 0 Å². The van der Waals surface area contributed by atoms with Gasteiger partial charge in [-0.25, -0.2) is 8.42 Å². The molecule has 0 amide bonds. The van der Waals surface area contributed by atoms with Crippen LogP contribution in [0.1, 0.15) is 18.9 Å². The van der Waals surface area contributed by atoms with E-state index in [4.69, 9.17) is 0 Å². The molecule has 6 nitrogen and oxygen atoms in total. The molecular weight excluding hydrogens is 288 g/mol. The molecule has 0 saturated heterocycles. The van der Waals surface area contributed by atoms with Crippen LogP contribution >= 0.6 is 0 Å². The van der Waals surface area contributed by atoms with Crippen molar-refractivity contribution in [1.82, 2.24) is 15.5 Å². The monoisotopic (exact) mass is 306 g/mol. The van der Waals surface area contributed by atoms with Crippen LogP contribution in [0.4, 0.5) is 5.82 Å². The number of rotatable bonds is 7. The molecule has 0 atom stereocenters. The van der Waals surface area contributed by atoms with E-state index in [0.717, 1.165) is 25.1 Å². The van der Waals surface area contributed by atoms with Crippen LogP contribution in [0.25, 0.3) is 0 Å². The zero-order valence-corrected chi connectivity index (χ0v) is 12.6. The molecule has 2 aromatic rings. The van der Waals surface area contributed by atoms with Crippen LogP contribution in [-0.2, 0) is 16.6 Å². The Kier molecular flexibility index (Phi) is 5.24. The Morgan fingerprint density at radius 3 is 2.52 bits per heavy atom. The first-order valence-electron chi connectivity index (χ1n) is 6.72. The molecule has 21 heavy (non-hydrogen) atoms. The van der Waals surface area contributed by atoms with Crippen molar-refractivity contribution in [3.8, 4) is 0 Å². The third-order valence-electron chi connectivity index (χ3n) is 2.80. The fourth-order valence-electron chi connectivity index (χ4n) is 1.75. The van der Waals surface area contributed by atoms with Crippen molar-refractivity contribution >= 4 is 15.8 Å². The Labute approximate surface area is 124 Å². The topological polar surface area (TPSA) is 84.0 Å². The number of sulfonamides is 1. The molecule has 0 saturated carbocycles. The maximum atomic E-state index is 12.2. The quantitative estimate of drug-likeness (QED) is 0.762. The van der Waals surface area contributed by atoms with E-state index in [2.05, 4.69) is 27.2 Å². The lowest BCUT2D eigenvalue weighted by molar-refractivity contribution is 0.601. The Morgan fingerprint density at radius 1 is 1.14 bits per heavy atom. The van der Waals surface area contributed by atoms with Gasteiger partial charge in [0.2, 0.25) is 0 Å². The number of nitrogens with one attached hydrogen (secondary N) is 2. The number of hydrogen-bond donors (Lipinski definition) is 2. The Morgan fingerprint density at radius 2 is 1.90 bits per heavy atom. The van der Waals surface area contributed by atoms with Crippen molar-refractivity contribution in [3.05, 3.63) is 48.2 Å². The van der Waals surface area contributed by atoms with Gasteiger partial charge in [-0.3, -0.25) is 4.72 Å². The maximum Gasteiger partial charge on any atom is 0.263 e. The third-order valence-corrected chi connectivity index (χ3v) is 4.17. The minimum Gasteiger partial charge on any atom is -0.313 e. The van der Waals surface area contributed by atoms with Crippen molar-refractivity contribution in [2.75, 3.05) is 11.3 Å². The van der Waals surface area contributed by atoms with Crippen LogP contribution in [0.5, 0.6) is 0 Å². The second-order valence-electron chi connectivity index (χ2n) is 4.54. The molecule has 2 rings (SSSR count). The Bertz CT molecular complexity index is 657. The standard InChI is InChI=1S/C14H18N4O2S/c1-2-9-15-11-12-5-7-13(8-6-12)21(19,20)18-14-4-3-10-16-17-14/h3-8,10,15H,2,9,11H2,1H3,(H,17,18). The van der Waals surface area contributed by atoms with Gasteiger partial charge in [0.15, 0.2) is 5.82 Å². The van der Waals surface area contributed by atoms with Crippen LogP contribution in [0.15, 0.2) is 47.5 Å². The molecule has 1 aromatic carbocycles. The van der Waals surface area contributed by atoms with Gasteiger partial charge in [0.05, 0.1) is 4.90 Å². The lowest BCUT2D eigenvalue weighted by Gasteiger charge is -2.08. The van der Waals surface area contributed by atoms with Gasteiger partial charge in [0, 0.05) is 12.7 Å². The summed E-state index contributed by atoms with van der Waals surface area (Å²) >= 11 is 0. The minimum atomic E-state index is -3.63. The van der Waals surface area contributed by atoms with Gasteiger partial charge in [-0.05, 0) is 42.8 Å². The van der Waals surface area contributed by atoms with Gasteiger partial charge in [-0.2, -0.15) is 5.10 Å². The minimum absolute atomic E-state index is 0.200. The average molecular weight is 306 g/mol. The highest BCUT2D eigenvalue weighted by atomic mass is 32.2. The molecule has 0 radical (unpaired) electrons. The molecular formula is C14H18N4O2S. The summed E-state index contributed by atoms with van der Waals surface area (Å²) in [5, 5.41) is 10.6. The Hall–Kier alpha value is -1.99. The number of aromatic nitrogens is 2. The maximum absolute atomic E-state index is 12.2. The van der Waals surface area contributed by atoms with Gasteiger partial charge >= 0.3 is 0 Å². The summed E-state index contributed by atoms with van der Waals surface area (Å²) in [6, 6.07) is 9.94. The van der Waals surface area contributed by atoms with Crippen LogP contribution in [0.3, 0.4) is 0 Å². The van der Waals surface area contributed by atoms with Gasteiger partial charge in [0.25, 0.3) is 10.0 Å². The first kappa shape index (κ1) is 15.4. The second-order valence-corrected chi connectivity index (χ2v) is 6.22. The SMILES string of the molecule is CCCNCc1ccc(S(=O)(=O)Nc2cccnn2)cc1. The summed E-state index contributed by atoms with van der Waals surface area (Å²) in [4.78, 5) is 0.201. The smallest absolute Gasteiger partial charge is 0.263 e. The molecule has 1 aromatic heterocycles. The molecule has 0 bridgehead atoms. The predicted molar refractivity (Wildman–Crippen MR) is 81.3 cm³/mol. The molecule has 0 spiro atoms. The zero-order valence-electron chi connectivity index (χ0n) is 11.8. The van der Waals surface area contributed by atoms with Crippen molar-refractivity contribution < 1.29 is 8.42 Å². The molecule has 0 aliphatic carbocycles. The molecule has 2 N–H and O–H groups in total. The molecule has 0 aliphatic heterocycles. The summed E-state index contributed by atoms with van der Waals surface area (Å²) in [6.07, 6.45) is 2.55. The van der Waals surface area contributed by atoms with Gasteiger partial charge in [0.1, 0.15) is 0 Å². The van der Waals surface area contributed by atoms with Crippen LogP contribution in [0.2, 0.25) is 0 Å². The zero-order chi connectivity index (χ0) is 15.1. The summed E-state index contributed by atoms with van der Waals surface area (Å²) < 4.78 is 26.7. The van der Waals surface area contributed by atoms with Crippen molar-refractivity contribution in [1.29, 1.82) is 0 Å². The molecule has 0 unspecified atom stereocenters. The number of anilines is 1. The second kappa shape index (κ2) is 7.14. The summed E-state index contributed by atoms with van der Waals surface area (Å²) in [6.45, 7) is 3.76. The van der Waals surface area contributed by atoms with E-state index in [1.165, 1.54) is 6.20 Å². The van der Waals surface area contributed by atoms with E-state index in [1.54, 1.807) is 36.4 Å². The molecule has 7 heteroatoms. The summed E-state index contributed by atoms with van der Waals surface area (Å²) in [5.41, 5.74) is 1.04. The third kappa shape index (κ3) is 4.51. The fraction of sp³-hybridized carbons (Fsp3) is 0.286. The lowest BCUT2D eigenvalue weighted by atomic mass is 10.2. The molecule has 0 aliphatic rings. The average Bonchev–Trinajstić information content (AvgIpc) is 2.49. The highest BCUT2D eigenvalue weighted by Crippen LogP contribution is 2.14. The van der Waals surface area contributed by atoms with E-state index in [1.807, 2.05) is 0 Å². The summed E-state index contributed by atoms with van der Waals surface area (Å²) in [5.74, 6) is 0.200. The highest BCUT2D eigenvalue weighted by Gasteiger charge is 2.14. The highest BCUT2D eigenvalue weighted by molar-refractivity contribution is 7.92. The lowest BCUT2D eigenvalue weighted by Crippen LogP contribution is -2.15. The van der Waals surface area contributed by atoms with Gasteiger partial charge in [-0.1, -0.05) is 19.1 Å². The fourth-order valence-corrected chi connectivity index (χ4v) is 2.74. The predicted octanol–water partition coefficient (Wildman–Crippen LogP) is 1.78. The van der Waals surface area contributed by atoms with E-state index >= 15 is 0 Å². The molecule has 112 valence electrons. The summed E-state index contributed by atoms with van der Waals surface area (Å²) in [7, 11) is -3.63. The van der Waals surface area contributed by atoms with E-state index in [9.17, 15) is 8.42 Å². The van der Waals surface area contributed by atoms with E-state index in [0.29, 0.717) is 0 Å².